The molecule has 0 aromatic carbocycles. The Morgan fingerprint density at radius 3 is 3.00 bits per heavy atom. The Morgan fingerprint density at radius 2 is 2.26 bits per heavy atom. The molecular formula is C18H21N3OS. The fourth-order valence-corrected chi connectivity index (χ4v) is 3.43. The maximum atomic E-state index is 9.62. The average Bonchev–Trinajstić information content (AvgIpc) is 2.94. The van der Waals surface area contributed by atoms with E-state index in [0.29, 0.717) is 6.42 Å². The summed E-state index contributed by atoms with van der Waals surface area (Å²) in [6.45, 7) is 0. The van der Waals surface area contributed by atoms with Crippen LogP contribution in [0.15, 0.2) is 24.4 Å². The third kappa shape index (κ3) is 4.06. The van der Waals surface area contributed by atoms with Gasteiger partial charge in [0.1, 0.15) is 10.8 Å². The van der Waals surface area contributed by atoms with Gasteiger partial charge in [-0.1, -0.05) is 18.2 Å². The highest BCUT2D eigenvalue weighted by molar-refractivity contribution is 7.10. The normalized spacial score (nSPS) is 16.7. The molecule has 1 unspecified atom stereocenters. The maximum absolute atomic E-state index is 9.62. The number of aliphatic hydroxyl groups excluding tert-OH is 1. The summed E-state index contributed by atoms with van der Waals surface area (Å²) in [5.74, 6) is 0.979. The summed E-state index contributed by atoms with van der Waals surface area (Å²) < 4.78 is 1.08. The summed E-state index contributed by atoms with van der Waals surface area (Å²) in [6, 6.07) is 4.18. The standard InChI is InChI=1S/C18H21N3OS/c1-21(2)17-10-7-13(12-19-17)5-3-4-6-18-20-15-9-8-14(22)11-16(15)23-18/h4,6-7,9-12,14,22H,3,5,8H2,1-2H3/b6-4+. The van der Waals surface area contributed by atoms with Crippen molar-refractivity contribution in [1.82, 2.24) is 9.97 Å². The van der Waals surface area contributed by atoms with E-state index in [-0.39, 0.29) is 6.10 Å². The third-order valence-corrected chi connectivity index (χ3v) is 4.72. The van der Waals surface area contributed by atoms with Crippen LogP contribution in [-0.2, 0) is 6.42 Å². The van der Waals surface area contributed by atoms with E-state index >= 15 is 0 Å². The Hall–Kier alpha value is -1.98. The zero-order valence-corrected chi connectivity index (χ0v) is 14.3. The highest BCUT2D eigenvalue weighted by atomic mass is 32.1. The van der Waals surface area contributed by atoms with Crippen molar-refractivity contribution in [1.29, 1.82) is 0 Å². The van der Waals surface area contributed by atoms with Crippen LogP contribution in [0.25, 0.3) is 18.2 Å². The molecule has 3 rings (SSSR count). The van der Waals surface area contributed by atoms with E-state index in [1.165, 1.54) is 5.56 Å². The van der Waals surface area contributed by atoms with Crippen LogP contribution >= 0.6 is 11.3 Å². The molecule has 1 atom stereocenters. The molecule has 4 nitrogen and oxygen atoms in total. The third-order valence-electron chi connectivity index (χ3n) is 3.72. The SMILES string of the molecule is CN(C)c1ccc(CC/C=C/c2nc3c(s2)=CC(O)CC=3)cn1. The van der Waals surface area contributed by atoms with Gasteiger partial charge in [0, 0.05) is 20.3 Å². The summed E-state index contributed by atoms with van der Waals surface area (Å²) in [7, 11) is 3.98. The number of thiazole rings is 1. The molecule has 0 bridgehead atoms. The molecule has 0 saturated heterocycles. The van der Waals surface area contributed by atoms with Crippen molar-refractivity contribution in [2.45, 2.75) is 25.4 Å². The van der Waals surface area contributed by atoms with Crippen molar-refractivity contribution in [2.24, 2.45) is 0 Å². The lowest BCUT2D eigenvalue weighted by Gasteiger charge is -2.10. The summed E-state index contributed by atoms with van der Waals surface area (Å²) >= 11 is 1.63. The summed E-state index contributed by atoms with van der Waals surface area (Å²) in [6.07, 6.45) is 12.3. The minimum atomic E-state index is -0.364. The number of fused-ring (bicyclic) bond motifs is 1. The van der Waals surface area contributed by atoms with E-state index in [9.17, 15) is 5.11 Å². The molecular weight excluding hydrogens is 306 g/mol. The quantitative estimate of drug-likeness (QED) is 0.906. The predicted molar refractivity (Wildman–Crippen MR) is 96.8 cm³/mol. The largest absolute Gasteiger partial charge is 0.389 e. The second kappa shape index (κ2) is 7.06. The Bertz CT molecular complexity index is 806. The molecule has 2 aromatic heterocycles. The lowest BCUT2D eigenvalue weighted by molar-refractivity contribution is 0.244. The van der Waals surface area contributed by atoms with Gasteiger partial charge in [0.05, 0.1) is 16.0 Å². The average molecular weight is 327 g/mol. The topological polar surface area (TPSA) is 49.2 Å². The Kier molecular flexibility index (Phi) is 4.88. The molecule has 23 heavy (non-hydrogen) atoms. The first-order valence-corrected chi connectivity index (χ1v) is 8.59. The van der Waals surface area contributed by atoms with Gasteiger partial charge in [-0.3, -0.25) is 0 Å². The maximum Gasteiger partial charge on any atom is 0.127 e. The van der Waals surface area contributed by atoms with Crippen molar-refractivity contribution in [3.8, 4) is 0 Å². The minimum Gasteiger partial charge on any atom is -0.389 e. The molecule has 5 heteroatoms. The predicted octanol–water partition coefficient (Wildman–Crippen LogP) is 1.58. The highest BCUT2D eigenvalue weighted by Gasteiger charge is 2.06. The molecule has 1 aliphatic carbocycles. The molecule has 1 N–H and O–H groups in total. The van der Waals surface area contributed by atoms with Crippen LogP contribution in [0, 0.1) is 0 Å². The molecule has 0 saturated carbocycles. The fraction of sp³-hybridized carbons (Fsp3) is 0.333. The van der Waals surface area contributed by atoms with E-state index in [2.05, 4.69) is 28.2 Å². The summed E-state index contributed by atoms with van der Waals surface area (Å²) in [5, 5.41) is 11.6. The number of aromatic nitrogens is 2. The van der Waals surface area contributed by atoms with Gasteiger partial charge in [-0.15, -0.1) is 11.3 Å². The van der Waals surface area contributed by atoms with Crippen LogP contribution in [0.3, 0.4) is 0 Å². The van der Waals surface area contributed by atoms with Crippen molar-refractivity contribution in [2.75, 3.05) is 19.0 Å². The van der Waals surface area contributed by atoms with Crippen LogP contribution in [-0.4, -0.2) is 35.3 Å². The lowest BCUT2D eigenvalue weighted by atomic mass is 10.1. The van der Waals surface area contributed by atoms with E-state index in [1.54, 1.807) is 11.3 Å². The Balaban J connectivity index is 1.59. The molecule has 1 aliphatic rings. The molecule has 2 aromatic rings. The van der Waals surface area contributed by atoms with Gasteiger partial charge in [0.25, 0.3) is 0 Å². The first-order chi connectivity index (χ1) is 11.1. The van der Waals surface area contributed by atoms with Gasteiger partial charge < -0.3 is 10.0 Å². The lowest BCUT2D eigenvalue weighted by Crippen LogP contribution is -2.27. The first kappa shape index (κ1) is 15.9. The van der Waals surface area contributed by atoms with Crippen LogP contribution in [0.5, 0.6) is 0 Å². The summed E-state index contributed by atoms with van der Waals surface area (Å²) in [5.41, 5.74) is 1.24. The minimum absolute atomic E-state index is 0.364. The Morgan fingerprint density at radius 1 is 1.39 bits per heavy atom. The van der Waals surface area contributed by atoms with E-state index in [4.69, 9.17) is 0 Å². The van der Waals surface area contributed by atoms with E-state index in [1.807, 2.05) is 43.4 Å². The van der Waals surface area contributed by atoms with E-state index in [0.717, 1.165) is 33.5 Å². The van der Waals surface area contributed by atoms with Crippen molar-refractivity contribution in [3.63, 3.8) is 0 Å². The van der Waals surface area contributed by atoms with Gasteiger partial charge in [0.15, 0.2) is 0 Å². The molecule has 0 fully saturated rings. The highest BCUT2D eigenvalue weighted by Crippen LogP contribution is 2.10. The van der Waals surface area contributed by atoms with Gasteiger partial charge in [0.2, 0.25) is 0 Å². The number of nitrogens with zero attached hydrogens (tertiary/aromatic N) is 3. The van der Waals surface area contributed by atoms with Crippen molar-refractivity contribution < 1.29 is 5.11 Å². The smallest absolute Gasteiger partial charge is 0.127 e. The van der Waals surface area contributed by atoms with Crippen LogP contribution in [0.1, 0.15) is 23.4 Å². The molecule has 0 radical (unpaired) electrons. The summed E-state index contributed by atoms with van der Waals surface area (Å²) in [4.78, 5) is 11.0. The van der Waals surface area contributed by atoms with Gasteiger partial charge in [-0.05, 0) is 43.0 Å². The molecule has 120 valence electrons. The second-order valence-electron chi connectivity index (χ2n) is 5.84. The molecule has 0 amide bonds. The van der Waals surface area contributed by atoms with Gasteiger partial charge >= 0.3 is 0 Å². The van der Waals surface area contributed by atoms with Crippen molar-refractivity contribution >= 4 is 35.4 Å². The number of hydrogen-bond acceptors (Lipinski definition) is 5. The zero-order chi connectivity index (χ0) is 16.2. The van der Waals surface area contributed by atoms with Crippen molar-refractivity contribution in [3.05, 3.63) is 44.9 Å². The zero-order valence-electron chi connectivity index (χ0n) is 13.4. The van der Waals surface area contributed by atoms with Crippen LogP contribution in [0.2, 0.25) is 0 Å². The monoisotopic (exact) mass is 327 g/mol. The van der Waals surface area contributed by atoms with Gasteiger partial charge in [-0.25, -0.2) is 9.97 Å². The molecule has 0 aliphatic heterocycles. The van der Waals surface area contributed by atoms with E-state index < -0.39 is 0 Å². The number of allylic oxidation sites excluding steroid dienone is 1. The van der Waals surface area contributed by atoms with Gasteiger partial charge in [-0.2, -0.15) is 0 Å². The number of rotatable bonds is 5. The number of aryl methyl sites for hydroxylation is 1. The second-order valence-corrected chi connectivity index (χ2v) is 6.90. The fourth-order valence-electron chi connectivity index (χ4n) is 2.44. The number of anilines is 1. The Labute approximate surface area is 140 Å². The number of pyridine rings is 1. The van der Waals surface area contributed by atoms with Crippen LogP contribution in [0.4, 0.5) is 5.82 Å². The molecule has 2 heterocycles. The number of aliphatic hydroxyl groups is 1. The molecule has 0 spiro atoms. The first-order valence-electron chi connectivity index (χ1n) is 7.77. The number of hydrogen-bond donors (Lipinski definition) is 1. The van der Waals surface area contributed by atoms with Crippen LogP contribution < -0.4 is 14.8 Å².